The monoisotopic (exact) mass is 351 g/mol. The second kappa shape index (κ2) is 8.04. The zero-order valence-electron chi connectivity index (χ0n) is 15.0. The minimum Gasteiger partial charge on any atom is -0.376 e. The van der Waals surface area contributed by atoms with E-state index in [1.165, 1.54) is 24.0 Å². The van der Waals surface area contributed by atoms with Crippen molar-refractivity contribution in [2.24, 2.45) is 5.73 Å². The lowest BCUT2D eigenvalue weighted by atomic mass is 9.89. The summed E-state index contributed by atoms with van der Waals surface area (Å²) in [7, 11) is 0. The summed E-state index contributed by atoms with van der Waals surface area (Å²) in [5, 5.41) is 5.99. The number of rotatable bonds is 6. The normalized spacial score (nSPS) is 14.2. The number of aryl methyl sites for hydroxylation is 2. The zero-order chi connectivity index (χ0) is 18.5. The summed E-state index contributed by atoms with van der Waals surface area (Å²) in [4.78, 5) is 23.7. The van der Waals surface area contributed by atoms with Crippen LogP contribution in [0.25, 0.3) is 0 Å². The number of para-hydroxylation sites is 1. The first-order valence-corrected chi connectivity index (χ1v) is 9.08. The van der Waals surface area contributed by atoms with Gasteiger partial charge in [-0.2, -0.15) is 0 Å². The number of hydrogen-bond acceptors (Lipinski definition) is 3. The first-order valence-electron chi connectivity index (χ1n) is 9.08. The lowest BCUT2D eigenvalue weighted by Crippen LogP contribution is -2.32. The van der Waals surface area contributed by atoms with E-state index in [1.54, 1.807) is 24.3 Å². The lowest BCUT2D eigenvalue weighted by Gasteiger charge is -2.20. The van der Waals surface area contributed by atoms with Gasteiger partial charge in [0.15, 0.2) is 0 Å². The second-order valence-electron chi connectivity index (χ2n) is 6.79. The third-order valence-electron chi connectivity index (χ3n) is 4.88. The summed E-state index contributed by atoms with van der Waals surface area (Å²) in [6.45, 7) is 2.07. The number of fused-ring (bicyclic) bond motifs is 1. The van der Waals surface area contributed by atoms with Gasteiger partial charge in [0.2, 0.25) is 5.91 Å². The number of amides is 2. The highest BCUT2D eigenvalue weighted by Gasteiger charge is 2.14. The van der Waals surface area contributed by atoms with E-state index in [0.717, 1.165) is 18.4 Å². The molecule has 0 saturated carbocycles. The van der Waals surface area contributed by atoms with Gasteiger partial charge >= 0.3 is 0 Å². The van der Waals surface area contributed by atoms with Gasteiger partial charge in [-0.25, -0.2) is 0 Å². The van der Waals surface area contributed by atoms with E-state index in [-0.39, 0.29) is 18.5 Å². The predicted octanol–water partition coefficient (Wildman–Crippen LogP) is 2.95. The molecule has 0 aliphatic heterocycles. The first kappa shape index (κ1) is 18.0. The Morgan fingerprint density at radius 3 is 2.58 bits per heavy atom. The van der Waals surface area contributed by atoms with E-state index in [2.05, 4.69) is 28.8 Å². The summed E-state index contributed by atoms with van der Waals surface area (Å²) < 4.78 is 0. The van der Waals surface area contributed by atoms with Crippen LogP contribution in [0, 0.1) is 0 Å². The van der Waals surface area contributed by atoms with Crippen LogP contribution < -0.4 is 16.4 Å². The molecule has 0 fully saturated rings. The Bertz CT molecular complexity index is 817. The molecule has 5 heteroatoms. The van der Waals surface area contributed by atoms with Crippen LogP contribution >= 0.6 is 0 Å². The Labute approximate surface area is 154 Å². The largest absolute Gasteiger partial charge is 0.376 e. The molecule has 0 aromatic heterocycles. The average Bonchev–Trinajstić information content (AvgIpc) is 2.66. The molecule has 2 aromatic carbocycles. The van der Waals surface area contributed by atoms with Crippen molar-refractivity contribution in [2.45, 2.75) is 38.6 Å². The van der Waals surface area contributed by atoms with Gasteiger partial charge in [-0.15, -0.1) is 0 Å². The highest BCUT2D eigenvalue weighted by atomic mass is 16.2. The number of nitrogens with two attached hydrogens (primary N) is 1. The van der Waals surface area contributed by atoms with Gasteiger partial charge in [0.25, 0.3) is 5.91 Å². The number of primary amides is 1. The molecule has 4 N–H and O–H groups in total. The lowest BCUT2D eigenvalue weighted by molar-refractivity contribution is -0.120. The van der Waals surface area contributed by atoms with Crippen molar-refractivity contribution >= 4 is 17.5 Å². The van der Waals surface area contributed by atoms with Crippen molar-refractivity contribution in [2.75, 3.05) is 11.9 Å². The number of anilines is 1. The molecular weight excluding hydrogens is 326 g/mol. The van der Waals surface area contributed by atoms with Crippen LogP contribution in [-0.4, -0.2) is 18.4 Å². The SMILES string of the molecule is CC(NC(=O)CNc1ccccc1C(N)=O)c1ccc2c(c1)CCCC2. The molecule has 1 aliphatic carbocycles. The quantitative estimate of drug-likeness (QED) is 0.748. The fourth-order valence-corrected chi connectivity index (χ4v) is 3.43. The summed E-state index contributed by atoms with van der Waals surface area (Å²) in [5.74, 6) is -0.648. The predicted molar refractivity (Wildman–Crippen MR) is 103 cm³/mol. The van der Waals surface area contributed by atoms with Gasteiger partial charge in [-0.05, 0) is 61.4 Å². The number of nitrogens with one attached hydrogen (secondary N) is 2. The van der Waals surface area contributed by atoms with Gasteiger partial charge in [-0.3, -0.25) is 9.59 Å². The van der Waals surface area contributed by atoms with Gasteiger partial charge in [0.05, 0.1) is 18.2 Å². The maximum Gasteiger partial charge on any atom is 0.250 e. The van der Waals surface area contributed by atoms with Gasteiger partial charge in [0.1, 0.15) is 0 Å². The molecule has 136 valence electrons. The minimum atomic E-state index is -0.518. The number of carbonyl (C=O) groups is 2. The van der Waals surface area contributed by atoms with Gasteiger partial charge in [0, 0.05) is 5.69 Å². The maximum atomic E-state index is 12.3. The molecule has 2 amide bonds. The fourth-order valence-electron chi connectivity index (χ4n) is 3.43. The number of carbonyl (C=O) groups excluding carboxylic acids is 2. The third-order valence-corrected chi connectivity index (χ3v) is 4.88. The maximum absolute atomic E-state index is 12.3. The Hall–Kier alpha value is -2.82. The zero-order valence-corrected chi connectivity index (χ0v) is 15.0. The second-order valence-corrected chi connectivity index (χ2v) is 6.79. The van der Waals surface area contributed by atoms with Crippen LogP contribution in [0.15, 0.2) is 42.5 Å². The first-order chi connectivity index (χ1) is 12.5. The highest BCUT2D eigenvalue weighted by molar-refractivity contribution is 5.99. The van der Waals surface area contributed by atoms with Crippen molar-refractivity contribution in [1.29, 1.82) is 0 Å². The summed E-state index contributed by atoms with van der Waals surface area (Å²) >= 11 is 0. The molecule has 0 bridgehead atoms. The molecule has 1 atom stereocenters. The Morgan fingerprint density at radius 1 is 1.08 bits per heavy atom. The average molecular weight is 351 g/mol. The number of hydrogen-bond donors (Lipinski definition) is 3. The highest BCUT2D eigenvalue weighted by Crippen LogP contribution is 2.24. The van der Waals surface area contributed by atoms with Crippen molar-refractivity contribution in [3.05, 3.63) is 64.7 Å². The Kier molecular flexibility index (Phi) is 5.56. The molecular formula is C21H25N3O2. The van der Waals surface area contributed by atoms with Crippen molar-refractivity contribution in [3.8, 4) is 0 Å². The Balaban J connectivity index is 1.59. The molecule has 2 aromatic rings. The molecule has 3 rings (SSSR count). The van der Waals surface area contributed by atoms with Crippen LogP contribution in [0.5, 0.6) is 0 Å². The molecule has 0 saturated heterocycles. The molecule has 0 heterocycles. The van der Waals surface area contributed by atoms with E-state index in [4.69, 9.17) is 5.73 Å². The molecule has 26 heavy (non-hydrogen) atoms. The summed E-state index contributed by atoms with van der Waals surface area (Å²) in [5.41, 5.74) is 10.3. The van der Waals surface area contributed by atoms with E-state index in [1.807, 2.05) is 6.92 Å². The van der Waals surface area contributed by atoms with Crippen LogP contribution in [0.2, 0.25) is 0 Å². The van der Waals surface area contributed by atoms with Gasteiger partial charge in [-0.1, -0.05) is 30.3 Å². The van der Waals surface area contributed by atoms with Gasteiger partial charge < -0.3 is 16.4 Å². The minimum absolute atomic E-state index is 0.0667. The molecule has 5 nitrogen and oxygen atoms in total. The third kappa shape index (κ3) is 4.23. The number of benzene rings is 2. The summed E-state index contributed by atoms with van der Waals surface area (Å²) in [6.07, 6.45) is 4.77. The molecule has 0 spiro atoms. The van der Waals surface area contributed by atoms with E-state index in [9.17, 15) is 9.59 Å². The van der Waals surface area contributed by atoms with Crippen LogP contribution in [-0.2, 0) is 17.6 Å². The van der Waals surface area contributed by atoms with Crippen molar-refractivity contribution < 1.29 is 9.59 Å². The molecule has 0 radical (unpaired) electrons. The Morgan fingerprint density at radius 2 is 1.81 bits per heavy atom. The fraction of sp³-hybridized carbons (Fsp3) is 0.333. The van der Waals surface area contributed by atoms with Crippen LogP contribution in [0.1, 0.15) is 52.9 Å². The van der Waals surface area contributed by atoms with E-state index in [0.29, 0.717) is 11.3 Å². The standard InChI is InChI=1S/C21H25N3O2/c1-14(16-11-10-15-6-2-3-7-17(15)12-16)24-20(25)13-23-19-9-5-4-8-18(19)21(22)26/h4-5,8-12,14,23H,2-3,6-7,13H2,1H3,(H2,22,26)(H,24,25). The van der Waals surface area contributed by atoms with Crippen molar-refractivity contribution in [3.63, 3.8) is 0 Å². The van der Waals surface area contributed by atoms with E-state index >= 15 is 0 Å². The van der Waals surface area contributed by atoms with Crippen LogP contribution in [0.4, 0.5) is 5.69 Å². The molecule has 1 aliphatic rings. The van der Waals surface area contributed by atoms with Crippen molar-refractivity contribution in [1.82, 2.24) is 5.32 Å². The van der Waals surface area contributed by atoms with E-state index < -0.39 is 5.91 Å². The molecule has 1 unspecified atom stereocenters. The smallest absolute Gasteiger partial charge is 0.250 e. The van der Waals surface area contributed by atoms with Crippen LogP contribution in [0.3, 0.4) is 0 Å². The topological polar surface area (TPSA) is 84.2 Å². The summed E-state index contributed by atoms with van der Waals surface area (Å²) in [6, 6.07) is 13.3.